The molecular formula is C12H21N5O. The van der Waals surface area contributed by atoms with Crippen LogP contribution in [0.25, 0.3) is 0 Å². The Morgan fingerprint density at radius 1 is 1.56 bits per heavy atom. The molecule has 0 aliphatic carbocycles. The molecule has 2 heterocycles. The Kier molecular flexibility index (Phi) is 3.98. The molecule has 2 rings (SSSR count). The van der Waals surface area contributed by atoms with Crippen LogP contribution in [0.2, 0.25) is 0 Å². The van der Waals surface area contributed by atoms with Gasteiger partial charge in [0.15, 0.2) is 0 Å². The van der Waals surface area contributed by atoms with Crippen LogP contribution >= 0.6 is 0 Å². The summed E-state index contributed by atoms with van der Waals surface area (Å²) in [6.45, 7) is 6.11. The Bertz CT molecular complexity index is 409. The van der Waals surface area contributed by atoms with E-state index in [9.17, 15) is 5.11 Å². The second-order valence-electron chi connectivity index (χ2n) is 5.05. The molecule has 1 atom stereocenters. The fourth-order valence-electron chi connectivity index (χ4n) is 2.14. The molecule has 4 N–H and O–H groups in total. The fourth-order valence-corrected chi connectivity index (χ4v) is 2.14. The number of hydrogen-bond acceptors (Lipinski definition) is 6. The van der Waals surface area contributed by atoms with Crippen molar-refractivity contribution in [1.82, 2.24) is 9.97 Å². The molecule has 0 saturated carbocycles. The van der Waals surface area contributed by atoms with Gasteiger partial charge in [-0.2, -0.15) is 0 Å². The Labute approximate surface area is 107 Å². The van der Waals surface area contributed by atoms with Gasteiger partial charge in [0.25, 0.3) is 0 Å². The summed E-state index contributed by atoms with van der Waals surface area (Å²) in [6, 6.07) is 1.85. The normalized spacial score (nSPS) is 19.6. The van der Waals surface area contributed by atoms with Gasteiger partial charge < -0.3 is 15.4 Å². The largest absolute Gasteiger partial charge is 0.396 e. The lowest BCUT2D eigenvalue weighted by molar-refractivity contribution is 0.238. The van der Waals surface area contributed by atoms with Gasteiger partial charge >= 0.3 is 0 Å². The average Bonchev–Trinajstić information content (AvgIpc) is 2.86. The first-order chi connectivity index (χ1) is 8.63. The van der Waals surface area contributed by atoms with Crippen molar-refractivity contribution in [3.63, 3.8) is 0 Å². The summed E-state index contributed by atoms with van der Waals surface area (Å²) in [5, 5.41) is 9.18. The summed E-state index contributed by atoms with van der Waals surface area (Å²) in [4.78, 5) is 11.1. The van der Waals surface area contributed by atoms with E-state index in [1.54, 1.807) is 0 Å². The monoisotopic (exact) mass is 251 g/mol. The lowest BCUT2D eigenvalue weighted by Crippen LogP contribution is -2.23. The van der Waals surface area contributed by atoms with E-state index in [0.29, 0.717) is 11.7 Å². The predicted molar refractivity (Wildman–Crippen MR) is 71.3 cm³/mol. The number of aliphatic hydroxyl groups is 1. The molecule has 0 bridgehead atoms. The molecule has 1 fully saturated rings. The molecule has 1 aliphatic rings. The first kappa shape index (κ1) is 13.0. The van der Waals surface area contributed by atoms with E-state index in [1.165, 1.54) is 0 Å². The Balaban J connectivity index is 2.24. The van der Waals surface area contributed by atoms with Crippen LogP contribution in [0.1, 0.15) is 32.0 Å². The smallest absolute Gasteiger partial charge is 0.145 e. The standard InChI is InChI=1S/C12H21N5O/c1-8(2)12-14-10(16-13)5-11(15-12)17-4-3-9(6-17)7-18/h5,8-9,18H,3-4,6-7,13H2,1-2H3,(H,14,15,16). The highest BCUT2D eigenvalue weighted by Crippen LogP contribution is 2.25. The number of anilines is 2. The van der Waals surface area contributed by atoms with E-state index in [1.807, 2.05) is 6.07 Å². The highest BCUT2D eigenvalue weighted by molar-refractivity contribution is 5.49. The van der Waals surface area contributed by atoms with Gasteiger partial charge in [-0.25, -0.2) is 15.8 Å². The molecule has 1 aromatic heterocycles. The van der Waals surface area contributed by atoms with Crippen LogP contribution in [0.5, 0.6) is 0 Å². The van der Waals surface area contributed by atoms with Crippen LogP contribution in [-0.4, -0.2) is 34.8 Å². The number of aromatic nitrogens is 2. The molecule has 1 unspecified atom stereocenters. The molecule has 1 aromatic rings. The van der Waals surface area contributed by atoms with E-state index in [4.69, 9.17) is 5.84 Å². The van der Waals surface area contributed by atoms with Gasteiger partial charge in [0.1, 0.15) is 17.5 Å². The molecule has 0 radical (unpaired) electrons. The van der Waals surface area contributed by atoms with Gasteiger partial charge in [-0.1, -0.05) is 13.8 Å². The molecule has 1 aliphatic heterocycles. The van der Waals surface area contributed by atoms with Crippen LogP contribution in [0.15, 0.2) is 6.07 Å². The third kappa shape index (κ3) is 2.70. The summed E-state index contributed by atoms with van der Waals surface area (Å²) >= 11 is 0. The summed E-state index contributed by atoms with van der Waals surface area (Å²) in [5.74, 6) is 8.35. The first-order valence-corrected chi connectivity index (χ1v) is 6.35. The topological polar surface area (TPSA) is 87.3 Å². The molecule has 0 spiro atoms. The third-order valence-electron chi connectivity index (χ3n) is 3.26. The number of nitrogens with one attached hydrogen (secondary N) is 1. The van der Waals surface area contributed by atoms with Gasteiger partial charge in [-0.15, -0.1) is 0 Å². The van der Waals surface area contributed by atoms with Gasteiger partial charge in [0, 0.05) is 37.6 Å². The minimum absolute atomic E-state index is 0.237. The lowest BCUT2D eigenvalue weighted by atomic mass is 10.1. The van der Waals surface area contributed by atoms with Gasteiger partial charge in [-0.05, 0) is 6.42 Å². The number of nitrogens with two attached hydrogens (primary N) is 1. The molecule has 0 amide bonds. The van der Waals surface area contributed by atoms with E-state index in [2.05, 4.69) is 34.1 Å². The van der Waals surface area contributed by atoms with Gasteiger partial charge in [-0.3, -0.25) is 0 Å². The van der Waals surface area contributed by atoms with Gasteiger partial charge in [0.2, 0.25) is 0 Å². The maximum atomic E-state index is 9.18. The summed E-state index contributed by atoms with van der Waals surface area (Å²) in [6.07, 6.45) is 1.00. The summed E-state index contributed by atoms with van der Waals surface area (Å²) in [7, 11) is 0. The lowest BCUT2D eigenvalue weighted by Gasteiger charge is -2.19. The molecule has 0 aromatic carbocycles. The van der Waals surface area contributed by atoms with Crippen molar-refractivity contribution in [3.05, 3.63) is 11.9 Å². The minimum Gasteiger partial charge on any atom is -0.396 e. The second kappa shape index (κ2) is 5.49. The minimum atomic E-state index is 0.237. The highest BCUT2D eigenvalue weighted by atomic mass is 16.3. The van der Waals surface area contributed by atoms with Crippen LogP contribution in [0.4, 0.5) is 11.6 Å². The zero-order valence-electron chi connectivity index (χ0n) is 10.9. The van der Waals surface area contributed by atoms with Crippen LogP contribution in [-0.2, 0) is 0 Å². The van der Waals surface area contributed by atoms with Crippen molar-refractivity contribution >= 4 is 11.6 Å². The van der Waals surface area contributed by atoms with E-state index >= 15 is 0 Å². The molecule has 100 valence electrons. The van der Waals surface area contributed by atoms with E-state index in [-0.39, 0.29) is 12.5 Å². The highest BCUT2D eigenvalue weighted by Gasteiger charge is 2.23. The number of hydrogen-bond donors (Lipinski definition) is 3. The Morgan fingerprint density at radius 3 is 2.89 bits per heavy atom. The van der Waals surface area contributed by atoms with Crippen LogP contribution < -0.4 is 16.2 Å². The Morgan fingerprint density at radius 2 is 2.33 bits per heavy atom. The maximum absolute atomic E-state index is 9.18. The van der Waals surface area contributed by atoms with Crippen molar-refractivity contribution in [2.75, 3.05) is 30.0 Å². The van der Waals surface area contributed by atoms with Crippen LogP contribution in [0, 0.1) is 5.92 Å². The maximum Gasteiger partial charge on any atom is 0.145 e. The summed E-state index contributed by atoms with van der Waals surface area (Å²) in [5.41, 5.74) is 2.58. The number of hydrazine groups is 1. The molecule has 6 nitrogen and oxygen atoms in total. The molecule has 18 heavy (non-hydrogen) atoms. The predicted octanol–water partition coefficient (Wildman–Crippen LogP) is 0.704. The van der Waals surface area contributed by atoms with E-state index < -0.39 is 0 Å². The number of aliphatic hydroxyl groups excluding tert-OH is 1. The number of nitrogens with zero attached hydrogens (tertiary/aromatic N) is 3. The summed E-state index contributed by atoms with van der Waals surface area (Å²) < 4.78 is 0. The molecule has 6 heteroatoms. The quantitative estimate of drug-likeness (QED) is 0.539. The van der Waals surface area contributed by atoms with Crippen LogP contribution in [0.3, 0.4) is 0 Å². The number of nitrogen functional groups attached to an aromatic ring is 1. The van der Waals surface area contributed by atoms with Crippen molar-refractivity contribution in [3.8, 4) is 0 Å². The van der Waals surface area contributed by atoms with Crippen molar-refractivity contribution in [2.24, 2.45) is 11.8 Å². The van der Waals surface area contributed by atoms with Gasteiger partial charge in [0.05, 0.1) is 0 Å². The zero-order valence-corrected chi connectivity index (χ0v) is 10.9. The molecule has 1 saturated heterocycles. The third-order valence-corrected chi connectivity index (χ3v) is 3.26. The SMILES string of the molecule is CC(C)c1nc(NN)cc(N2CCC(CO)C2)n1. The average molecular weight is 251 g/mol. The first-order valence-electron chi connectivity index (χ1n) is 6.35. The van der Waals surface area contributed by atoms with Crippen molar-refractivity contribution in [2.45, 2.75) is 26.2 Å². The number of rotatable bonds is 4. The van der Waals surface area contributed by atoms with Crippen molar-refractivity contribution < 1.29 is 5.11 Å². The zero-order chi connectivity index (χ0) is 13.1. The second-order valence-corrected chi connectivity index (χ2v) is 5.05. The Hall–Kier alpha value is -1.40. The fraction of sp³-hybridized carbons (Fsp3) is 0.667. The van der Waals surface area contributed by atoms with Crippen molar-refractivity contribution in [1.29, 1.82) is 0 Å². The molecular weight excluding hydrogens is 230 g/mol. The van der Waals surface area contributed by atoms with E-state index in [0.717, 1.165) is 31.2 Å².